The Morgan fingerprint density at radius 1 is 1.44 bits per heavy atom. The van der Waals surface area contributed by atoms with Gasteiger partial charge in [-0.25, -0.2) is 0 Å². The molecule has 2 atom stereocenters. The van der Waals surface area contributed by atoms with E-state index in [2.05, 4.69) is 20.8 Å². The van der Waals surface area contributed by atoms with E-state index < -0.39 is 6.10 Å². The Hall–Kier alpha value is -0.610. The maximum atomic E-state index is 11.7. The minimum Gasteiger partial charge on any atom is -0.392 e. The topological polar surface area (TPSA) is 66.6 Å². The number of likely N-dealkylation sites (N-methyl/N-ethyl adjacent to an activating group) is 1. The molecule has 0 aromatic rings. The summed E-state index contributed by atoms with van der Waals surface area (Å²) in [7, 11) is 1.69. The van der Waals surface area contributed by atoms with Gasteiger partial charge in [0.25, 0.3) is 0 Å². The molecule has 1 amide bonds. The van der Waals surface area contributed by atoms with E-state index in [9.17, 15) is 4.79 Å². The predicted octanol–water partition coefficient (Wildman–Crippen LogP) is 0.979. The van der Waals surface area contributed by atoms with Crippen LogP contribution in [0.2, 0.25) is 0 Å². The molecule has 0 fully saturated rings. The molecule has 16 heavy (non-hydrogen) atoms. The zero-order valence-corrected chi connectivity index (χ0v) is 11.2. The number of hydrogen-bond donors (Lipinski definition) is 2. The molecular formula is C12H26N2O2. The molecule has 0 radical (unpaired) electrons. The van der Waals surface area contributed by atoms with Gasteiger partial charge in [-0.1, -0.05) is 20.8 Å². The molecule has 0 saturated carbocycles. The summed E-state index contributed by atoms with van der Waals surface area (Å²) in [5, 5.41) is 9.17. The number of rotatable bonds is 5. The van der Waals surface area contributed by atoms with Crippen LogP contribution in [0.15, 0.2) is 0 Å². The van der Waals surface area contributed by atoms with Gasteiger partial charge < -0.3 is 15.7 Å². The number of nitrogens with two attached hydrogens (primary N) is 1. The summed E-state index contributed by atoms with van der Waals surface area (Å²) in [6.45, 7) is 8.35. The molecule has 0 heterocycles. The largest absolute Gasteiger partial charge is 0.392 e. The molecule has 4 nitrogen and oxygen atoms in total. The van der Waals surface area contributed by atoms with Crippen LogP contribution in [0, 0.1) is 5.41 Å². The second-order valence-corrected chi connectivity index (χ2v) is 5.85. The van der Waals surface area contributed by atoms with Gasteiger partial charge in [0.05, 0.1) is 6.10 Å². The number of amides is 1. The number of aliphatic hydroxyl groups excluding tert-OH is 1. The van der Waals surface area contributed by atoms with Gasteiger partial charge in [0.15, 0.2) is 0 Å². The lowest BCUT2D eigenvalue weighted by molar-refractivity contribution is -0.131. The highest BCUT2D eigenvalue weighted by Crippen LogP contribution is 2.21. The lowest BCUT2D eigenvalue weighted by atomic mass is 9.87. The van der Waals surface area contributed by atoms with E-state index in [0.29, 0.717) is 13.0 Å². The zero-order chi connectivity index (χ0) is 12.9. The van der Waals surface area contributed by atoms with Crippen molar-refractivity contribution in [2.45, 2.75) is 52.7 Å². The maximum absolute atomic E-state index is 11.7. The van der Waals surface area contributed by atoms with Crippen LogP contribution in [0.1, 0.15) is 40.5 Å². The van der Waals surface area contributed by atoms with Crippen molar-refractivity contribution in [3.8, 4) is 0 Å². The van der Waals surface area contributed by atoms with Crippen molar-refractivity contribution < 1.29 is 9.90 Å². The van der Waals surface area contributed by atoms with E-state index in [4.69, 9.17) is 10.8 Å². The SMILES string of the molecule is CC(O)CN(C)C(=O)CC(N)CC(C)(C)C. The maximum Gasteiger partial charge on any atom is 0.223 e. The molecule has 0 spiro atoms. The normalized spacial score (nSPS) is 15.7. The minimum absolute atomic E-state index is 0.00218. The average molecular weight is 230 g/mol. The van der Waals surface area contributed by atoms with Crippen LogP contribution in [0.25, 0.3) is 0 Å². The van der Waals surface area contributed by atoms with Gasteiger partial charge in [-0.15, -0.1) is 0 Å². The molecule has 0 aliphatic carbocycles. The van der Waals surface area contributed by atoms with Crippen LogP contribution in [0.4, 0.5) is 0 Å². The highest BCUT2D eigenvalue weighted by atomic mass is 16.3. The molecule has 4 heteroatoms. The van der Waals surface area contributed by atoms with Gasteiger partial charge in [0, 0.05) is 26.1 Å². The lowest BCUT2D eigenvalue weighted by Gasteiger charge is -2.25. The van der Waals surface area contributed by atoms with Crippen LogP contribution < -0.4 is 5.73 Å². The molecule has 0 aromatic heterocycles. The van der Waals surface area contributed by atoms with E-state index in [0.717, 1.165) is 6.42 Å². The molecule has 0 rings (SSSR count). The first-order valence-electron chi connectivity index (χ1n) is 5.79. The highest BCUT2D eigenvalue weighted by molar-refractivity contribution is 5.76. The van der Waals surface area contributed by atoms with Gasteiger partial charge in [-0.05, 0) is 18.8 Å². The number of nitrogens with zero attached hydrogens (tertiary/aromatic N) is 1. The molecule has 0 aliphatic heterocycles. The zero-order valence-electron chi connectivity index (χ0n) is 11.2. The Balaban J connectivity index is 4.04. The Bertz CT molecular complexity index is 222. The van der Waals surface area contributed by atoms with Gasteiger partial charge in [-0.2, -0.15) is 0 Å². The predicted molar refractivity (Wildman–Crippen MR) is 66.0 cm³/mol. The van der Waals surface area contributed by atoms with E-state index in [1.54, 1.807) is 14.0 Å². The number of hydrogen-bond acceptors (Lipinski definition) is 3. The highest BCUT2D eigenvalue weighted by Gasteiger charge is 2.20. The summed E-state index contributed by atoms with van der Waals surface area (Å²) in [6.07, 6.45) is 0.676. The summed E-state index contributed by atoms with van der Waals surface area (Å²) < 4.78 is 0. The van der Waals surface area contributed by atoms with E-state index >= 15 is 0 Å². The first-order valence-corrected chi connectivity index (χ1v) is 5.79. The van der Waals surface area contributed by atoms with Crippen molar-refractivity contribution in [1.29, 1.82) is 0 Å². The molecule has 0 saturated heterocycles. The smallest absolute Gasteiger partial charge is 0.223 e. The second kappa shape index (κ2) is 6.21. The van der Waals surface area contributed by atoms with Crippen LogP contribution >= 0.6 is 0 Å². The summed E-state index contributed by atoms with van der Waals surface area (Å²) in [5.74, 6) is -0.00218. The first-order chi connectivity index (χ1) is 7.11. The van der Waals surface area contributed by atoms with E-state index in [1.807, 2.05) is 0 Å². The third kappa shape index (κ3) is 7.65. The van der Waals surface area contributed by atoms with Crippen LogP contribution in [-0.2, 0) is 4.79 Å². The molecule has 2 unspecified atom stereocenters. The summed E-state index contributed by atoms with van der Waals surface area (Å²) in [5.41, 5.74) is 6.06. The van der Waals surface area contributed by atoms with Crippen molar-refractivity contribution in [2.24, 2.45) is 11.1 Å². The number of aliphatic hydroxyl groups is 1. The first kappa shape index (κ1) is 15.4. The van der Waals surface area contributed by atoms with Crippen molar-refractivity contribution in [1.82, 2.24) is 4.90 Å². The molecule has 3 N–H and O–H groups in total. The fourth-order valence-corrected chi connectivity index (χ4v) is 1.74. The van der Waals surface area contributed by atoms with Crippen LogP contribution in [0.5, 0.6) is 0 Å². The number of carbonyl (C=O) groups is 1. The lowest BCUT2D eigenvalue weighted by Crippen LogP contribution is -2.38. The van der Waals surface area contributed by atoms with Gasteiger partial charge in [0.1, 0.15) is 0 Å². The van der Waals surface area contributed by atoms with Crippen molar-refractivity contribution in [2.75, 3.05) is 13.6 Å². The summed E-state index contributed by atoms with van der Waals surface area (Å²) in [4.78, 5) is 13.2. The average Bonchev–Trinajstić information content (AvgIpc) is 1.98. The molecule has 0 aliphatic rings. The third-order valence-corrected chi connectivity index (χ3v) is 2.28. The van der Waals surface area contributed by atoms with E-state index in [1.165, 1.54) is 4.90 Å². The quantitative estimate of drug-likeness (QED) is 0.740. The van der Waals surface area contributed by atoms with Crippen LogP contribution in [-0.4, -0.2) is 41.7 Å². The van der Waals surface area contributed by atoms with Gasteiger partial charge >= 0.3 is 0 Å². The Labute approximate surface area is 98.8 Å². The molecular weight excluding hydrogens is 204 g/mol. The monoisotopic (exact) mass is 230 g/mol. The van der Waals surface area contributed by atoms with Crippen LogP contribution in [0.3, 0.4) is 0 Å². The van der Waals surface area contributed by atoms with Crippen molar-refractivity contribution in [3.05, 3.63) is 0 Å². The number of carbonyl (C=O) groups excluding carboxylic acids is 1. The third-order valence-electron chi connectivity index (χ3n) is 2.28. The minimum atomic E-state index is -0.493. The fourth-order valence-electron chi connectivity index (χ4n) is 1.74. The Morgan fingerprint density at radius 2 is 1.94 bits per heavy atom. The van der Waals surface area contributed by atoms with Gasteiger partial charge in [0.2, 0.25) is 5.91 Å². The molecule has 0 aromatic carbocycles. The Kier molecular flexibility index (Phi) is 5.97. The molecule has 0 bridgehead atoms. The molecule has 96 valence electrons. The Morgan fingerprint density at radius 3 is 2.31 bits per heavy atom. The second-order valence-electron chi connectivity index (χ2n) is 5.85. The fraction of sp³-hybridized carbons (Fsp3) is 0.917. The standard InChI is InChI=1S/C12H26N2O2/c1-9(15)8-14(5)11(16)6-10(13)7-12(2,3)4/h9-10,15H,6-8,13H2,1-5H3. The summed E-state index contributed by atoms with van der Waals surface area (Å²) in [6, 6.07) is -0.107. The van der Waals surface area contributed by atoms with Crippen molar-refractivity contribution >= 4 is 5.91 Å². The van der Waals surface area contributed by atoms with Gasteiger partial charge in [-0.3, -0.25) is 4.79 Å². The van der Waals surface area contributed by atoms with Crippen molar-refractivity contribution in [3.63, 3.8) is 0 Å². The van der Waals surface area contributed by atoms with E-state index in [-0.39, 0.29) is 17.4 Å². The summed E-state index contributed by atoms with van der Waals surface area (Å²) >= 11 is 0.